The highest BCUT2D eigenvalue weighted by Crippen LogP contribution is 2.02. The fraction of sp³-hybridized carbons (Fsp3) is 0.417. The normalized spacial score (nSPS) is 12.2. The first-order valence-electron chi connectivity index (χ1n) is 5.35. The summed E-state index contributed by atoms with van der Waals surface area (Å²) in [6.45, 7) is 2.94. The molecule has 0 saturated carbocycles. The molecular formula is C12H17IN2O2. The minimum Gasteiger partial charge on any atom is -0.382 e. The van der Waals surface area contributed by atoms with E-state index in [0.29, 0.717) is 13.2 Å². The molecule has 0 aliphatic heterocycles. The summed E-state index contributed by atoms with van der Waals surface area (Å²) in [7, 11) is 1.58. The molecule has 94 valence electrons. The summed E-state index contributed by atoms with van der Waals surface area (Å²) in [4.78, 5) is 11.7. The quantitative estimate of drug-likeness (QED) is 0.606. The molecule has 2 N–H and O–H groups in total. The molecule has 0 aliphatic rings. The summed E-state index contributed by atoms with van der Waals surface area (Å²) in [5, 5.41) is 2.87. The Balaban J connectivity index is 2.44. The SMILES string of the molecule is COC[C@H](NI)C(=O)NCc1ccc(C)cc1. The van der Waals surface area contributed by atoms with Crippen molar-refractivity contribution in [3.8, 4) is 0 Å². The second-order valence-corrected chi connectivity index (χ2v) is 4.44. The second kappa shape index (κ2) is 7.62. The molecule has 0 heterocycles. The number of hydrogen-bond donors (Lipinski definition) is 2. The van der Waals surface area contributed by atoms with Crippen LogP contribution in [0.2, 0.25) is 0 Å². The summed E-state index contributed by atoms with van der Waals surface area (Å²) in [5.41, 5.74) is 2.31. The van der Waals surface area contributed by atoms with Crippen molar-refractivity contribution in [1.82, 2.24) is 8.85 Å². The Morgan fingerprint density at radius 3 is 2.59 bits per heavy atom. The van der Waals surface area contributed by atoms with Crippen LogP contribution in [-0.2, 0) is 16.1 Å². The number of halogens is 1. The monoisotopic (exact) mass is 348 g/mol. The van der Waals surface area contributed by atoms with Gasteiger partial charge < -0.3 is 10.1 Å². The van der Waals surface area contributed by atoms with Gasteiger partial charge in [0.05, 0.1) is 6.61 Å². The minimum atomic E-state index is -0.314. The van der Waals surface area contributed by atoms with Gasteiger partial charge in [0.2, 0.25) is 5.91 Å². The number of ether oxygens (including phenoxy) is 1. The maximum atomic E-state index is 11.7. The summed E-state index contributed by atoms with van der Waals surface area (Å²) >= 11 is 1.96. The number of benzene rings is 1. The Morgan fingerprint density at radius 1 is 1.41 bits per heavy atom. The molecule has 0 bridgehead atoms. The zero-order chi connectivity index (χ0) is 12.7. The Morgan fingerprint density at radius 2 is 2.06 bits per heavy atom. The van der Waals surface area contributed by atoms with Gasteiger partial charge in [-0.2, -0.15) is 0 Å². The van der Waals surface area contributed by atoms with E-state index in [2.05, 4.69) is 8.85 Å². The average Bonchev–Trinajstić information content (AvgIpc) is 2.35. The van der Waals surface area contributed by atoms with E-state index in [1.54, 1.807) is 7.11 Å². The zero-order valence-electron chi connectivity index (χ0n) is 10.00. The molecule has 0 aromatic heterocycles. The first kappa shape index (κ1) is 14.4. The molecule has 5 heteroatoms. The van der Waals surface area contributed by atoms with Crippen LogP contribution in [0.25, 0.3) is 0 Å². The first-order chi connectivity index (χ1) is 8.17. The lowest BCUT2D eigenvalue weighted by Gasteiger charge is -2.14. The van der Waals surface area contributed by atoms with Gasteiger partial charge in [-0.15, -0.1) is 0 Å². The number of aryl methyl sites for hydroxylation is 1. The van der Waals surface area contributed by atoms with Crippen molar-refractivity contribution in [3.63, 3.8) is 0 Å². The number of hydrogen-bond acceptors (Lipinski definition) is 3. The highest BCUT2D eigenvalue weighted by atomic mass is 127. The lowest BCUT2D eigenvalue weighted by Crippen LogP contribution is -2.42. The van der Waals surface area contributed by atoms with Crippen LogP contribution < -0.4 is 8.85 Å². The molecule has 0 fully saturated rings. The largest absolute Gasteiger partial charge is 0.382 e. The topological polar surface area (TPSA) is 50.4 Å². The molecule has 1 atom stereocenters. The van der Waals surface area contributed by atoms with Gasteiger partial charge in [-0.1, -0.05) is 29.8 Å². The van der Waals surface area contributed by atoms with Crippen molar-refractivity contribution in [1.29, 1.82) is 0 Å². The van der Waals surface area contributed by atoms with Crippen molar-refractivity contribution in [2.75, 3.05) is 13.7 Å². The number of nitrogens with one attached hydrogen (secondary N) is 2. The van der Waals surface area contributed by atoms with E-state index in [1.165, 1.54) is 5.56 Å². The molecule has 4 nitrogen and oxygen atoms in total. The molecule has 0 unspecified atom stereocenters. The van der Waals surface area contributed by atoms with E-state index >= 15 is 0 Å². The average molecular weight is 348 g/mol. The van der Waals surface area contributed by atoms with Gasteiger partial charge in [0.1, 0.15) is 6.04 Å². The van der Waals surface area contributed by atoms with Crippen molar-refractivity contribution in [3.05, 3.63) is 35.4 Å². The van der Waals surface area contributed by atoms with Crippen LogP contribution in [-0.4, -0.2) is 25.7 Å². The number of carbonyl (C=O) groups excluding carboxylic acids is 1. The van der Waals surface area contributed by atoms with Crippen molar-refractivity contribution in [2.24, 2.45) is 0 Å². The Labute approximate surface area is 116 Å². The van der Waals surface area contributed by atoms with Crippen molar-refractivity contribution < 1.29 is 9.53 Å². The summed E-state index contributed by atoms with van der Waals surface area (Å²) in [6.07, 6.45) is 0. The number of rotatable bonds is 6. The van der Waals surface area contributed by atoms with Crippen LogP contribution in [0.4, 0.5) is 0 Å². The van der Waals surface area contributed by atoms with E-state index in [0.717, 1.165) is 5.56 Å². The summed E-state index contributed by atoms with van der Waals surface area (Å²) in [5.74, 6) is -0.0539. The third-order valence-corrected chi connectivity index (χ3v) is 3.12. The van der Waals surface area contributed by atoms with Crippen LogP contribution in [0.5, 0.6) is 0 Å². The molecule has 0 spiro atoms. The van der Waals surface area contributed by atoms with Crippen molar-refractivity contribution in [2.45, 2.75) is 19.5 Å². The predicted octanol–water partition coefficient (Wildman–Crippen LogP) is 1.57. The summed E-state index contributed by atoms with van der Waals surface area (Å²) in [6, 6.07) is 7.78. The van der Waals surface area contributed by atoms with Gasteiger partial charge in [-0.3, -0.25) is 4.79 Å². The maximum Gasteiger partial charge on any atom is 0.240 e. The predicted molar refractivity (Wildman–Crippen MR) is 75.8 cm³/mol. The lowest BCUT2D eigenvalue weighted by atomic mass is 10.1. The fourth-order valence-corrected chi connectivity index (χ4v) is 1.80. The van der Waals surface area contributed by atoms with E-state index in [9.17, 15) is 4.79 Å². The van der Waals surface area contributed by atoms with Crippen molar-refractivity contribution >= 4 is 28.8 Å². The molecule has 1 rings (SSSR count). The van der Waals surface area contributed by atoms with Crippen LogP contribution in [0, 0.1) is 6.92 Å². The van der Waals surface area contributed by atoms with Crippen LogP contribution in [0.1, 0.15) is 11.1 Å². The van der Waals surface area contributed by atoms with Crippen LogP contribution in [0.3, 0.4) is 0 Å². The third-order valence-electron chi connectivity index (χ3n) is 2.37. The first-order valence-corrected chi connectivity index (χ1v) is 6.43. The molecule has 17 heavy (non-hydrogen) atoms. The van der Waals surface area contributed by atoms with Gasteiger partial charge in [0, 0.05) is 36.5 Å². The molecule has 1 aromatic rings. The minimum absolute atomic E-state index is 0.0539. The highest BCUT2D eigenvalue weighted by Gasteiger charge is 2.15. The summed E-state index contributed by atoms with van der Waals surface area (Å²) < 4.78 is 7.84. The van der Waals surface area contributed by atoms with E-state index in [1.807, 2.05) is 54.1 Å². The lowest BCUT2D eigenvalue weighted by molar-refractivity contribution is -0.123. The number of amides is 1. The van der Waals surface area contributed by atoms with Gasteiger partial charge in [-0.05, 0) is 12.5 Å². The van der Waals surface area contributed by atoms with Gasteiger partial charge in [0.15, 0.2) is 0 Å². The molecule has 1 aromatic carbocycles. The Hall–Kier alpha value is -0.660. The van der Waals surface area contributed by atoms with E-state index in [-0.39, 0.29) is 11.9 Å². The molecule has 1 amide bonds. The number of carbonyl (C=O) groups is 1. The van der Waals surface area contributed by atoms with Gasteiger partial charge in [-0.25, -0.2) is 3.53 Å². The highest BCUT2D eigenvalue weighted by molar-refractivity contribution is 14.1. The van der Waals surface area contributed by atoms with Crippen LogP contribution >= 0.6 is 22.9 Å². The van der Waals surface area contributed by atoms with E-state index < -0.39 is 0 Å². The second-order valence-electron chi connectivity index (χ2n) is 3.82. The van der Waals surface area contributed by atoms with Gasteiger partial charge in [0.25, 0.3) is 0 Å². The molecule has 0 aliphatic carbocycles. The number of methoxy groups -OCH3 is 1. The van der Waals surface area contributed by atoms with E-state index in [4.69, 9.17) is 4.74 Å². The Kier molecular flexibility index (Phi) is 6.46. The van der Waals surface area contributed by atoms with Gasteiger partial charge >= 0.3 is 0 Å². The fourth-order valence-electron chi connectivity index (χ4n) is 1.34. The maximum absolute atomic E-state index is 11.7. The molecule has 0 radical (unpaired) electrons. The molecule has 0 saturated heterocycles. The molecular weight excluding hydrogens is 331 g/mol. The van der Waals surface area contributed by atoms with Crippen LogP contribution in [0.15, 0.2) is 24.3 Å². The third kappa shape index (κ3) is 5.01. The smallest absolute Gasteiger partial charge is 0.240 e. The Bertz CT molecular complexity index is 354. The zero-order valence-corrected chi connectivity index (χ0v) is 12.2. The standard InChI is InChI=1S/C12H17IN2O2/c1-9-3-5-10(6-4-9)7-14-12(16)11(15-13)8-17-2/h3-6,11,15H,7-8H2,1-2H3,(H,14,16)/t11-/m0/s1.